The number of para-hydroxylation sites is 1. The van der Waals surface area contributed by atoms with Gasteiger partial charge in [0.05, 0.1) is 23.4 Å². The Hall–Kier alpha value is -2.77. The fourth-order valence-electron chi connectivity index (χ4n) is 2.70. The maximum Gasteiger partial charge on any atom is 0.248 e. The molecular formula is C21H23N3O3S. The van der Waals surface area contributed by atoms with Crippen molar-refractivity contribution in [1.82, 2.24) is 9.88 Å². The minimum atomic E-state index is -0.253. The molecule has 0 radical (unpaired) electrons. The monoisotopic (exact) mass is 397 g/mol. The van der Waals surface area contributed by atoms with E-state index in [4.69, 9.17) is 4.74 Å². The van der Waals surface area contributed by atoms with Gasteiger partial charge < -0.3 is 15.0 Å². The second-order valence-corrected chi connectivity index (χ2v) is 7.73. The van der Waals surface area contributed by atoms with Crippen LogP contribution in [0.2, 0.25) is 0 Å². The number of fused-ring (bicyclic) bond motifs is 1. The van der Waals surface area contributed by atoms with Crippen LogP contribution in [0.15, 0.2) is 42.5 Å². The third kappa shape index (κ3) is 4.94. The summed E-state index contributed by atoms with van der Waals surface area (Å²) in [7, 11) is 1.59. The van der Waals surface area contributed by atoms with Gasteiger partial charge in [0.25, 0.3) is 0 Å². The van der Waals surface area contributed by atoms with Crippen LogP contribution >= 0.6 is 11.3 Å². The fraction of sp³-hybridized carbons (Fsp3) is 0.286. The molecule has 0 unspecified atom stereocenters. The lowest BCUT2D eigenvalue weighted by Gasteiger charge is -2.17. The Morgan fingerprint density at radius 2 is 1.93 bits per heavy atom. The van der Waals surface area contributed by atoms with Crippen molar-refractivity contribution in [3.63, 3.8) is 0 Å². The molecule has 3 rings (SSSR count). The number of aromatic nitrogens is 1. The molecule has 1 heterocycles. The molecule has 0 atom stereocenters. The third-order valence-corrected chi connectivity index (χ3v) is 5.48. The minimum absolute atomic E-state index is 0.0310. The van der Waals surface area contributed by atoms with Crippen molar-refractivity contribution in [2.24, 2.45) is 0 Å². The number of nitrogens with one attached hydrogen (secondary N) is 1. The predicted molar refractivity (Wildman–Crippen MR) is 111 cm³/mol. The lowest BCUT2D eigenvalue weighted by atomic mass is 10.1. The smallest absolute Gasteiger partial charge is 0.248 e. The van der Waals surface area contributed by atoms with Crippen LogP contribution in [0.5, 0.6) is 0 Å². The molecule has 1 aromatic heterocycles. The van der Waals surface area contributed by atoms with Crippen LogP contribution in [0.3, 0.4) is 0 Å². The summed E-state index contributed by atoms with van der Waals surface area (Å²) >= 11 is 1.55. The van der Waals surface area contributed by atoms with Crippen molar-refractivity contribution < 1.29 is 14.3 Å². The van der Waals surface area contributed by atoms with Gasteiger partial charge in [0.1, 0.15) is 11.6 Å². The summed E-state index contributed by atoms with van der Waals surface area (Å²) in [6, 6.07) is 13.6. The highest BCUT2D eigenvalue weighted by atomic mass is 32.1. The molecule has 0 aliphatic heterocycles. The highest BCUT2D eigenvalue weighted by Crippen LogP contribution is 2.22. The topological polar surface area (TPSA) is 71.5 Å². The number of carbonyl (C=O) groups is 2. The summed E-state index contributed by atoms with van der Waals surface area (Å²) in [5.41, 5.74) is 3.81. The van der Waals surface area contributed by atoms with Crippen molar-refractivity contribution in [1.29, 1.82) is 0 Å². The Balaban J connectivity index is 1.46. The number of thiazole rings is 1. The number of benzene rings is 2. The van der Waals surface area contributed by atoms with Crippen molar-refractivity contribution >= 4 is 39.1 Å². The Morgan fingerprint density at radius 3 is 2.71 bits per heavy atom. The van der Waals surface area contributed by atoms with E-state index in [-0.39, 0.29) is 31.6 Å². The number of hydrogen-bond acceptors (Lipinski definition) is 5. The van der Waals surface area contributed by atoms with Crippen LogP contribution < -0.4 is 5.32 Å². The van der Waals surface area contributed by atoms with Crippen LogP contribution in [-0.4, -0.2) is 41.9 Å². The van der Waals surface area contributed by atoms with Crippen LogP contribution in [0.25, 0.3) is 10.2 Å². The summed E-state index contributed by atoms with van der Waals surface area (Å²) < 4.78 is 6.58. The second kappa shape index (κ2) is 8.95. The molecule has 2 aromatic carbocycles. The van der Waals surface area contributed by atoms with E-state index >= 15 is 0 Å². The van der Waals surface area contributed by atoms with Crippen molar-refractivity contribution in [2.45, 2.75) is 20.5 Å². The van der Waals surface area contributed by atoms with E-state index < -0.39 is 0 Å². The molecule has 0 spiro atoms. The summed E-state index contributed by atoms with van der Waals surface area (Å²) in [4.78, 5) is 30.3. The number of amides is 2. The second-order valence-electron chi connectivity index (χ2n) is 6.61. The van der Waals surface area contributed by atoms with E-state index in [1.54, 1.807) is 18.4 Å². The van der Waals surface area contributed by atoms with Gasteiger partial charge in [-0.15, -0.1) is 11.3 Å². The van der Waals surface area contributed by atoms with Crippen molar-refractivity contribution in [3.05, 3.63) is 58.6 Å². The first-order chi connectivity index (χ1) is 13.4. The molecule has 7 heteroatoms. The van der Waals surface area contributed by atoms with Gasteiger partial charge in [-0.3, -0.25) is 9.59 Å². The van der Waals surface area contributed by atoms with Gasteiger partial charge in [0, 0.05) is 12.7 Å². The average Bonchev–Trinajstić information content (AvgIpc) is 3.08. The minimum Gasteiger partial charge on any atom is -0.364 e. The van der Waals surface area contributed by atoms with E-state index in [9.17, 15) is 9.59 Å². The standard InChI is InChI=1S/C21H23N3O3S/c1-14-7-6-9-16(15(14)2)22-19(25)11-24(3)21(26)13-27-12-20-23-17-8-4-5-10-18(17)28-20/h4-10H,11-13H2,1-3H3,(H,22,25). The summed E-state index contributed by atoms with van der Waals surface area (Å²) in [5.74, 6) is -0.493. The first kappa shape index (κ1) is 20.0. The molecule has 0 fully saturated rings. The molecular weight excluding hydrogens is 374 g/mol. The lowest BCUT2D eigenvalue weighted by Crippen LogP contribution is -2.37. The summed E-state index contributed by atoms with van der Waals surface area (Å²) in [6.07, 6.45) is 0. The summed E-state index contributed by atoms with van der Waals surface area (Å²) in [5, 5.41) is 3.68. The van der Waals surface area contributed by atoms with E-state index in [1.807, 2.05) is 56.3 Å². The van der Waals surface area contributed by atoms with Crippen molar-refractivity contribution in [2.75, 3.05) is 25.5 Å². The van der Waals surface area contributed by atoms with E-state index in [1.165, 1.54) is 4.90 Å². The predicted octanol–water partition coefficient (Wildman–Crippen LogP) is 3.53. The fourth-order valence-corrected chi connectivity index (χ4v) is 3.60. The number of hydrogen-bond donors (Lipinski definition) is 1. The van der Waals surface area contributed by atoms with Crippen LogP contribution in [0.1, 0.15) is 16.1 Å². The maximum absolute atomic E-state index is 12.2. The van der Waals surface area contributed by atoms with Crippen molar-refractivity contribution in [3.8, 4) is 0 Å². The molecule has 2 amide bonds. The zero-order valence-electron chi connectivity index (χ0n) is 16.2. The van der Waals surface area contributed by atoms with Gasteiger partial charge in [0.2, 0.25) is 11.8 Å². The van der Waals surface area contributed by atoms with Crippen LogP contribution in [0, 0.1) is 13.8 Å². The highest BCUT2D eigenvalue weighted by molar-refractivity contribution is 7.18. The lowest BCUT2D eigenvalue weighted by molar-refractivity contribution is -0.137. The average molecular weight is 398 g/mol. The number of anilines is 1. The third-order valence-electron chi connectivity index (χ3n) is 4.47. The van der Waals surface area contributed by atoms with Gasteiger partial charge in [-0.1, -0.05) is 24.3 Å². The normalized spacial score (nSPS) is 10.8. The van der Waals surface area contributed by atoms with Crippen LogP contribution in [0.4, 0.5) is 5.69 Å². The number of likely N-dealkylation sites (N-methyl/N-ethyl adjacent to an activating group) is 1. The van der Waals surface area contributed by atoms with Gasteiger partial charge in [-0.05, 0) is 43.2 Å². The maximum atomic E-state index is 12.2. The summed E-state index contributed by atoms with van der Waals surface area (Å²) in [6.45, 7) is 4.09. The number of nitrogens with zero attached hydrogens (tertiary/aromatic N) is 2. The molecule has 3 aromatic rings. The van der Waals surface area contributed by atoms with Gasteiger partial charge in [-0.2, -0.15) is 0 Å². The molecule has 6 nitrogen and oxygen atoms in total. The Labute approximate surface area is 168 Å². The van der Waals surface area contributed by atoms with E-state index in [2.05, 4.69) is 10.3 Å². The first-order valence-corrected chi connectivity index (χ1v) is 9.78. The molecule has 0 saturated carbocycles. The number of carbonyl (C=O) groups excluding carboxylic acids is 2. The van der Waals surface area contributed by atoms with Crippen LogP contribution in [-0.2, 0) is 20.9 Å². The molecule has 0 aliphatic carbocycles. The molecule has 0 aliphatic rings. The molecule has 0 saturated heterocycles. The highest BCUT2D eigenvalue weighted by Gasteiger charge is 2.14. The quantitative estimate of drug-likeness (QED) is 0.662. The molecule has 1 N–H and O–H groups in total. The number of rotatable bonds is 7. The largest absolute Gasteiger partial charge is 0.364 e. The number of aryl methyl sites for hydroxylation is 1. The zero-order chi connectivity index (χ0) is 20.1. The Kier molecular flexibility index (Phi) is 6.38. The Morgan fingerprint density at radius 1 is 1.14 bits per heavy atom. The number of ether oxygens (including phenoxy) is 1. The van der Waals surface area contributed by atoms with Gasteiger partial charge in [0.15, 0.2) is 0 Å². The molecule has 0 bridgehead atoms. The van der Waals surface area contributed by atoms with E-state index in [0.29, 0.717) is 0 Å². The van der Waals surface area contributed by atoms with E-state index in [0.717, 1.165) is 32.0 Å². The van der Waals surface area contributed by atoms with Gasteiger partial charge >= 0.3 is 0 Å². The van der Waals surface area contributed by atoms with Gasteiger partial charge in [-0.25, -0.2) is 4.98 Å². The molecule has 28 heavy (non-hydrogen) atoms. The SMILES string of the molecule is Cc1cccc(NC(=O)CN(C)C(=O)COCc2nc3ccccc3s2)c1C. The molecule has 146 valence electrons. The first-order valence-electron chi connectivity index (χ1n) is 8.96. The zero-order valence-corrected chi connectivity index (χ0v) is 17.0. The Bertz CT molecular complexity index is 966.